The summed E-state index contributed by atoms with van der Waals surface area (Å²) in [7, 11) is 1.79. The first kappa shape index (κ1) is 10.5. The van der Waals surface area contributed by atoms with Crippen molar-refractivity contribution in [3.63, 3.8) is 0 Å². The van der Waals surface area contributed by atoms with Gasteiger partial charge in [-0.05, 0) is 30.4 Å². The van der Waals surface area contributed by atoms with E-state index in [1.807, 2.05) is 0 Å². The van der Waals surface area contributed by atoms with Crippen molar-refractivity contribution in [3.8, 4) is 0 Å². The minimum Gasteiger partial charge on any atom is -0.374 e. The molecule has 1 aliphatic rings. The van der Waals surface area contributed by atoms with Crippen LogP contribution in [0, 0.1) is 0 Å². The lowest BCUT2D eigenvalue weighted by molar-refractivity contribution is 0.0192. The van der Waals surface area contributed by atoms with E-state index in [0.29, 0.717) is 0 Å². The minimum atomic E-state index is -0.0763. The monoisotopic (exact) mass is 180 g/mol. The van der Waals surface area contributed by atoms with Gasteiger partial charge in [0.2, 0.25) is 0 Å². The fourth-order valence-corrected chi connectivity index (χ4v) is 2.04. The molecule has 1 saturated carbocycles. The molecule has 0 radical (unpaired) electrons. The molecular weight excluding hydrogens is 160 g/mol. The highest BCUT2D eigenvalue weighted by atomic mass is 16.5. The molecular formula is C12H20O. The molecule has 13 heavy (non-hydrogen) atoms. The molecule has 0 aromatic carbocycles. The maximum Gasteiger partial charge on any atom is 0.0927 e. The lowest BCUT2D eigenvalue weighted by Gasteiger charge is -2.28. The van der Waals surface area contributed by atoms with Gasteiger partial charge in [0.25, 0.3) is 0 Å². The van der Waals surface area contributed by atoms with Gasteiger partial charge in [-0.2, -0.15) is 0 Å². The molecule has 0 bridgehead atoms. The summed E-state index contributed by atoms with van der Waals surface area (Å²) in [6.07, 6.45) is 5.64. The van der Waals surface area contributed by atoms with Crippen molar-refractivity contribution in [2.75, 3.05) is 7.11 Å². The molecule has 0 aliphatic heterocycles. The van der Waals surface area contributed by atoms with Gasteiger partial charge < -0.3 is 4.74 Å². The molecule has 1 atom stereocenters. The molecule has 0 amide bonds. The van der Waals surface area contributed by atoms with Crippen LogP contribution in [0.5, 0.6) is 0 Å². The maximum atomic E-state index is 5.62. The van der Waals surface area contributed by atoms with Crippen LogP contribution in [-0.4, -0.2) is 12.7 Å². The molecule has 1 rings (SSSR count). The molecule has 1 nitrogen and oxygen atoms in total. The number of unbranched alkanes of at least 4 members (excludes halogenated alkanes) is 1. The van der Waals surface area contributed by atoms with Gasteiger partial charge in [0.1, 0.15) is 0 Å². The van der Waals surface area contributed by atoms with Crippen LogP contribution in [0.3, 0.4) is 0 Å². The van der Waals surface area contributed by atoms with Gasteiger partial charge in [-0.25, -0.2) is 0 Å². The van der Waals surface area contributed by atoms with Crippen LogP contribution in [0.25, 0.3) is 0 Å². The van der Waals surface area contributed by atoms with Crippen LogP contribution in [-0.2, 0) is 4.74 Å². The Morgan fingerprint density at radius 3 is 2.54 bits per heavy atom. The SMILES string of the molecule is C=C1CCC(CCCC)(OC)C1=C. The van der Waals surface area contributed by atoms with Gasteiger partial charge in [0, 0.05) is 7.11 Å². The van der Waals surface area contributed by atoms with Crippen molar-refractivity contribution in [3.05, 3.63) is 24.3 Å². The van der Waals surface area contributed by atoms with E-state index in [1.165, 1.54) is 18.4 Å². The van der Waals surface area contributed by atoms with Crippen LogP contribution in [0.4, 0.5) is 0 Å². The van der Waals surface area contributed by atoms with Crippen molar-refractivity contribution in [2.24, 2.45) is 0 Å². The van der Waals surface area contributed by atoms with E-state index < -0.39 is 0 Å². The number of ether oxygens (including phenoxy) is 1. The Morgan fingerprint density at radius 1 is 1.46 bits per heavy atom. The second-order valence-electron chi connectivity index (χ2n) is 3.88. The molecule has 1 unspecified atom stereocenters. The predicted octanol–water partition coefficient (Wildman–Crippen LogP) is 3.47. The van der Waals surface area contributed by atoms with Crippen LogP contribution in [0.15, 0.2) is 24.3 Å². The third kappa shape index (κ3) is 1.86. The summed E-state index contributed by atoms with van der Waals surface area (Å²) in [4.78, 5) is 0. The molecule has 0 aromatic rings. The molecule has 1 aliphatic carbocycles. The van der Waals surface area contributed by atoms with Crippen molar-refractivity contribution >= 4 is 0 Å². The zero-order valence-electron chi connectivity index (χ0n) is 8.86. The standard InChI is InChI=1S/C12H20O/c1-5-6-8-12(13-4)9-7-10(2)11(12)3/h2-3,5-9H2,1,4H3. The first-order valence-corrected chi connectivity index (χ1v) is 5.09. The average Bonchev–Trinajstić information content (AvgIpc) is 2.43. The summed E-state index contributed by atoms with van der Waals surface area (Å²) in [5, 5.41) is 0. The molecule has 74 valence electrons. The lowest BCUT2D eigenvalue weighted by Crippen LogP contribution is -2.29. The summed E-state index contributed by atoms with van der Waals surface area (Å²) in [6.45, 7) is 10.3. The molecule has 1 fully saturated rings. The zero-order chi connectivity index (χ0) is 9.90. The number of hydrogen-bond donors (Lipinski definition) is 0. The van der Waals surface area contributed by atoms with Crippen LogP contribution >= 0.6 is 0 Å². The molecule has 1 heteroatoms. The van der Waals surface area contributed by atoms with E-state index in [2.05, 4.69) is 20.1 Å². The maximum absolute atomic E-state index is 5.62. The smallest absolute Gasteiger partial charge is 0.0927 e. The van der Waals surface area contributed by atoms with Crippen LogP contribution in [0.1, 0.15) is 39.0 Å². The highest BCUT2D eigenvalue weighted by Crippen LogP contribution is 2.43. The Hall–Kier alpha value is -0.560. The van der Waals surface area contributed by atoms with Gasteiger partial charge in [-0.1, -0.05) is 32.9 Å². The van der Waals surface area contributed by atoms with E-state index in [4.69, 9.17) is 4.74 Å². The minimum absolute atomic E-state index is 0.0763. The Balaban J connectivity index is 2.70. The van der Waals surface area contributed by atoms with E-state index in [1.54, 1.807) is 7.11 Å². The number of rotatable bonds is 4. The van der Waals surface area contributed by atoms with Gasteiger partial charge in [0.05, 0.1) is 5.60 Å². The summed E-state index contributed by atoms with van der Waals surface area (Å²) < 4.78 is 5.62. The second kappa shape index (κ2) is 4.10. The summed E-state index contributed by atoms with van der Waals surface area (Å²) in [5.74, 6) is 0. The third-order valence-electron chi connectivity index (χ3n) is 3.13. The highest BCUT2D eigenvalue weighted by Gasteiger charge is 2.38. The fraction of sp³-hybridized carbons (Fsp3) is 0.667. The molecule has 0 spiro atoms. The Morgan fingerprint density at radius 2 is 2.15 bits per heavy atom. The van der Waals surface area contributed by atoms with Gasteiger partial charge in [-0.15, -0.1) is 0 Å². The van der Waals surface area contributed by atoms with Crippen molar-refractivity contribution < 1.29 is 4.74 Å². The topological polar surface area (TPSA) is 9.23 Å². The molecule has 0 aromatic heterocycles. The van der Waals surface area contributed by atoms with Gasteiger partial charge >= 0.3 is 0 Å². The molecule has 0 saturated heterocycles. The summed E-state index contributed by atoms with van der Waals surface area (Å²) >= 11 is 0. The average molecular weight is 180 g/mol. The van der Waals surface area contributed by atoms with Crippen molar-refractivity contribution in [1.29, 1.82) is 0 Å². The van der Waals surface area contributed by atoms with E-state index in [9.17, 15) is 0 Å². The normalized spacial score (nSPS) is 28.5. The predicted molar refractivity (Wildman–Crippen MR) is 56.8 cm³/mol. The van der Waals surface area contributed by atoms with Gasteiger partial charge in [-0.3, -0.25) is 0 Å². The number of hydrogen-bond acceptors (Lipinski definition) is 1. The summed E-state index contributed by atoms with van der Waals surface area (Å²) in [6, 6.07) is 0. The summed E-state index contributed by atoms with van der Waals surface area (Å²) in [5.41, 5.74) is 2.23. The second-order valence-corrected chi connectivity index (χ2v) is 3.88. The fourth-order valence-electron chi connectivity index (χ4n) is 2.04. The van der Waals surface area contributed by atoms with E-state index in [0.717, 1.165) is 24.8 Å². The van der Waals surface area contributed by atoms with Crippen molar-refractivity contribution in [2.45, 2.75) is 44.6 Å². The van der Waals surface area contributed by atoms with Gasteiger partial charge in [0.15, 0.2) is 0 Å². The Bertz CT molecular complexity index is 217. The van der Waals surface area contributed by atoms with E-state index in [-0.39, 0.29) is 5.60 Å². The Labute approximate surface area is 81.5 Å². The first-order valence-electron chi connectivity index (χ1n) is 5.09. The lowest BCUT2D eigenvalue weighted by atomic mass is 9.91. The molecule has 0 N–H and O–H groups in total. The molecule has 0 heterocycles. The van der Waals surface area contributed by atoms with Crippen molar-refractivity contribution in [1.82, 2.24) is 0 Å². The van der Waals surface area contributed by atoms with Crippen LogP contribution < -0.4 is 0 Å². The van der Waals surface area contributed by atoms with Crippen LogP contribution in [0.2, 0.25) is 0 Å². The number of methoxy groups -OCH3 is 1. The third-order valence-corrected chi connectivity index (χ3v) is 3.13. The Kier molecular flexibility index (Phi) is 3.32. The zero-order valence-corrected chi connectivity index (χ0v) is 8.86. The first-order chi connectivity index (χ1) is 6.16. The largest absolute Gasteiger partial charge is 0.374 e. The highest BCUT2D eigenvalue weighted by molar-refractivity contribution is 5.39. The van der Waals surface area contributed by atoms with E-state index >= 15 is 0 Å². The quantitative estimate of drug-likeness (QED) is 0.643.